The summed E-state index contributed by atoms with van der Waals surface area (Å²) in [7, 11) is 3.79. The van der Waals surface area contributed by atoms with Gasteiger partial charge in [0.1, 0.15) is 5.75 Å². The number of halogens is 4. The summed E-state index contributed by atoms with van der Waals surface area (Å²) < 4.78 is 41.6. The molecule has 21 heavy (non-hydrogen) atoms. The van der Waals surface area contributed by atoms with E-state index in [4.69, 9.17) is 0 Å². The van der Waals surface area contributed by atoms with Crippen molar-refractivity contribution in [1.82, 2.24) is 9.80 Å². The van der Waals surface area contributed by atoms with Crippen LogP contribution < -0.4 is 4.74 Å². The van der Waals surface area contributed by atoms with Gasteiger partial charge in [-0.05, 0) is 32.3 Å². The molecule has 1 amide bonds. The van der Waals surface area contributed by atoms with Crippen LogP contribution in [0.3, 0.4) is 0 Å². The van der Waals surface area contributed by atoms with Crippen molar-refractivity contribution in [2.24, 2.45) is 0 Å². The summed E-state index contributed by atoms with van der Waals surface area (Å²) in [5, 5.41) is 0. The minimum atomic E-state index is -4.83. The summed E-state index contributed by atoms with van der Waals surface area (Å²) in [5.74, 6) is -0.947. The molecule has 0 aliphatic carbocycles. The van der Waals surface area contributed by atoms with Crippen LogP contribution in [0.2, 0.25) is 0 Å². The second-order valence-electron chi connectivity index (χ2n) is 5.02. The molecule has 1 aliphatic rings. The fraction of sp³-hybridized carbons (Fsp3) is 0.462. The van der Waals surface area contributed by atoms with Crippen molar-refractivity contribution in [3.63, 3.8) is 0 Å². The molecule has 2 rings (SSSR count). The highest BCUT2D eigenvalue weighted by Gasteiger charge is 2.36. The van der Waals surface area contributed by atoms with Gasteiger partial charge in [0.25, 0.3) is 5.91 Å². The third-order valence-electron chi connectivity index (χ3n) is 3.28. The second kappa shape index (κ2) is 5.84. The quantitative estimate of drug-likeness (QED) is 0.824. The minimum Gasteiger partial charge on any atom is -0.405 e. The zero-order chi connectivity index (χ0) is 15.8. The Morgan fingerprint density at radius 2 is 2.00 bits per heavy atom. The summed E-state index contributed by atoms with van der Waals surface area (Å²) in [6.07, 6.45) is -4.83. The Morgan fingerprint density at radius 1 is 1.38 bits per heavy atom. The van der Waals surface area contributed by atoms with E-state index in [0.29, 0.717) is 17.6 Å². The van der Waals surface area contributed by atoms with Crippen LogP contribution in [0.4, 0.5) is 13.2 Å². The number of hydrogen-bond acceptors (Lipinski definition) is 3. The lowest BCUT2D eigenvalue weighted by Gasteiger charge is -2.42. The van der Waals surface area contributed by atoms with Crippen LogP contribution in [0, 0.1) is 0 Å². The zero-order valence-corrected chi connectivity index (χ0v) is 13.0. The van der Waals surface area contributed by atoms with E-state index in [-0.39, 0.29) is 11.6 Å². The number of carbonyl (C=O) groups excluding carboxylic acids is 1. The molecule has 1 aliphatic heterocycles. The van der Waals surface area contributed by atoms with Gasteiger partial charge in [-0.1, -0.05) is 15.9 Å². The summed E-state index contributed by atoms with van der Waals surface area (Å²) in [6, 6.07) is 4.10. The van der Waals surface area contributed by atoms with Crippen molar-refractivity contribution in [3.05, 3.63) is 28.2 Å². The van der Waals surface area contributed by atoms with Crippen LogP contribution in [0.1, 0.15) is 10.4 Å². The number of amides is 1. The van der Waals surface area contributed by atoms with Crippen molar-refractivity contribution < 1.29 is 22.7 Å². The molecule has 1 heterocycles. The fourth-order valence-electron chi connectivity index (χ4n) is 2.00. The third kappa shape index (κ3) is 3.88. The highest BCUT2D eigenvalue weighted by Crippen LogP contribution is 2.30. The van der Waals surface area contributed by atoms with Crippen molar-refractivity contribution in [2.45, 2.75) is 12.4 Å². The number of benzene rings is 1. The zero-order valence-electron chi connectivity index (χ0n) is 11.4. The molecule has 1 fully saturated rings. The maximum absolute atomic E-state index is 12.4. The van der Waals surface area contributed by atoms with Crippen LogP contribution >= 0.6 is 15.9 Å². The second-order valence-corrected chi connectivity index (χ2v) is 5.93. The summed E-state index contributed by atoms with van der Waals surface area (Å²) in [5.41, 5.74) is -0.0982. The summed E-state index contributed by atoms with van der Waals surface area (Å²) >= 11 is 3.15. The summed E-state index contributed by atoms with van der Waals surface area (Å²) in [4.78, 5) is 15.8. The molecule has 4 nitrogen and oxygen atoms in total. The van der Waals surface area contributed by atoms with Crippen LogP contribution in [0.25, 0.3) is 0 Å². The van der Waals surface area contributed by atoms with Gasteiger partial charge in [-0.2, -0.15) is 0 Å². The Hall–Kier alpha value is -1.28. The van der Waals surface area contributed by atoms with E-state index in [2.05, 4.69) is 20.7 Å². The third-order valence-corrected chi connectivity index (χ3v) is 3.77. The van der Waals surface area contributed by atoms with E-state index in [9.17, 15) is 18.0 Å². The number of likely N-dealkylation sites (tertiary alicyclic amines) is 1. The molecule has 0 N–H and O–H groups in total. The number of carbonyl (C=O) groups is 1. The van der Waals surface area contributed by atoms with Gasteiger partial charge in [0.15, 0.2) is 0 Å². The normalized spacial score (nSPS) is 16.0. The first-order chi connectivity index (χ1) is 9.67. The molecule has 0 unspecified atom stereocenters. The molecule has 1 saturated heterocycles. The van der Waals surface area contributed by atoms with Crippen molar-refractivity contribution >= 4 is 21.8 Å². The molecule has 1 aromatic carbocycles. The first-order valence-electron chi connectivity index (χ1n) is 6.18. The first kappa shape index (κ1) is 16.1. The van der Waals surface area contributed by atoms with Gasteiger partial charge in [0.05, 0.1) is 5.56 Å². The molecule has 8 heteroatoms. The highest BCUT2D eigenvalue weighted by atomic mass is 79.9. The van der Waals surface area contributed by atoms with Crippen LogP contribution in [0.15, 0.2) is 22.7 Å². The topological polar surface area (TPSA) is 32.8 Å². The maximum atomic E-state index is 12.4. The molecule has 0 radical (unpaired) electrons. The number of rotatable bonds is 3. The molecule has 0 spiro atoms. The monoisotopic (exact) mass is 366 g/mol. The minimum absolute atomic E-state index is 0.0982. The van der Waals surface area contributed by atoms with Crippen molar-refractivity contribution in [3.8, 4) is 5.75 Å². The van der Waals surface area contributed by atoms with Gasteiger partial charge in [0, 0.05) is 23.6 Å². The largest absolute Gasteiger partial charge is 0.573 e. The molecular formula is C13H14BrF3N2O2. The Morgan fingerprint density at radius 3 is 2.52 bits per heavy atom. The SMILES string of the molecule is CN(C)C1CN(C(=O)c2cc(Br)ccc2OC(F)(F)F)C1. The van der Waals surface area contributed by atoms with Crippen LogP contribution in [-0.4, -0.2) is 55.3 Å². The standard InChI is InChI=1S/C13H14BrF3N2O2/c1-18(2)9-6-19(7-9)12(20)10-5-8(14)3-4-11(10)21-13(15,16)17/h3-5,9H,6-7H2,1-2H3. The Labute approximate surface area is 128 Å². The van der Waals surface area contributed by atoms with Crippen molar-refractivity contribution in [1.29, 1.82) is 0 Å². The number of ether oxygens (including phenoxy) is 1. The van der Waals surface area contributed by atoms with E-state index >= 15 is 0 Å². The van der Waals surface area contributed by atoms with E-state index in [1.807, 2.05) is 19.0 Å². The van der Waals surface area contributed by atoms with E-state index in [1.54, 1.807) is 0 Å². The predicted molar refractivity (Wildman–Crippen MR) is 74.2 cm³/mol. The molecule has 116 valence electrons. The van der Waals surface area contributed by atoms with Gasteiger partial charge in [-0.25, -0.2) is 0 Å². The lowest BCUT2D eigenvalue weighted by molar-refractivity contribution is -0.274. The Balaban J connectivity index is 2.18. The molecule has 0 saturated carbocycles. The van der Waals surface area contributed by atoms with Crippen LogP contribution in [-0.2, 0) is 0 Å². The Bertz CT molecular complexity index is 543. The van der Waals surface area contributed by atoms with E-state index in [1.165, 1.54) is 17.0 Å². The highest BCUT2D eigenvalue weighted by molar-refractivity contribution is 9.10. The smallest absolute Gasteiger partial charge is 0.405 e. The van der Waals surface area contributed by atoms with Gasteiger partial charge >= 0.3 is 6.36 Å². The van der Waals surface area contributed by atoms with Gasteiger partial charge < -0.3 is 14.5 Å². The van der Waals surface area contributed by atoms with Gasteiger partial charge in [0.2, 0.25) is 0 Å². The number of hydrogen-bond donors (Lipinski definition) is 0. The van der Waals surface area contributed by atoms with E-state index in [0.717, 1.165) is 6.07 Å². The first-order valence-corrected chi connectivity index (χ1v) is 6.97. The lowest BCUT2D eigenvalue weighted by Crippen LogP contribution is -2.59. The number of alkyl halides is 3. The van der Waals surface area contributed by atoms with Crippen molar-refractivity contribution in [2.75, 3.05) is 27.2 Å². The predicted octanol–water partition coefficient (Wildman–Crippen LogP) is 2.73. The van der Waals surface area contributed by atoms with Gasteiger partial charge in [-0.15, -0.1) is 13.2 Å². The molecular weight excluding hydrogens is 353 g/mol. The molecule has 1 aromatic rings. The fourth-order valence-corrected chi connectivity index (χ4v) is 2.36. The van der Waals surface area contributed by atoms with E-state index < -0.39 is 18.0 Å². The number of nitrogens with zero attached hydrogens (tertiary/aromatic N) is 2. The summed E-state index contributed by atoms with van der Waals surface area (Å²) in [6.45, 7) is 0.980. The average Bonchev–Trinajstić information content (AvgIpc) is 2.27. The lowest BCUT2D eigenvalue weighted by atomic mass is 10.1. The van der Waals surface area contributed by atoms with Crippen LogP contribution in [0.5, 0.6) is 5.75 Å². The number of likely N-dealkylation sites (N-methyl/N-ethyl adjacent to an activating group) is 1. The molecule has 0 atom stereocenters. The van der Waals surface area contributed by atoms with Gasteiger partial charge in [-0.3, -0.25) is 4.79 Å². The maximum Gasteiger partial charge on any atom is 0.573 e. The molecule has 0 aromatic heterocycles. The molecule has 0 bridgehead atoms. The Kier molecular flexibility index (Phi) is 4.48. The average molecular weight is 367 g/mol.